The molecule has 1 aromatic carbocycles. The van der Waals surface area contributed by atoms with E-state index in [2.05, 4.69) is 10.0 Å². The molecule has 1 heterocycles. The standard InChI is InChI=1S/C21H26N2O7S2/c1-5-14-10-17(21(26)29-7-3)19(31-14)23-18(24)12-30-20(25)16-11-15(9-8-13(16)4)32(27,28)22-6-2/h8-11,22H,5-7,12H2,1-4H3,(H,23,24). The van der Waals surface area contributed by atoms with Gasteiger partial charge in [0.2, 0.25) is 10.0 Å². The maximum atomic E-state index is 12.5. The van der Waals surface area contributed by atoms with Gasteiger partial charge in [0.15, 0.2) is 6.61 Å². The van der Waals surface area contributed by atoms with Crippen molar-refractivity contribution in [3.63, 3.8) is 0 Å². The topological polar surface area (TPSA) is 128 Å². The summed E-state index contributed by atoms with van der Waals surface area (Å²) in [6, 6.07) is 5.74. The van der Waals surface area contributed by atoms with Gasteiger partial charge < -0.3 is 14.8 Å². The second-order valence-corrected chi connectivity index (χ2v) is 9.54. The molecule has 0 saturated heterocycles. The Labute approximate surface area is 191 Å². The molecule has 0 aliphatic heterocycles. The van der Waals surface area contributed by atoms with Crippen molar-refractivity contribution in [2.24, 2.45) is 0 Å². The monoisotopic (exact) mass is 482 g/mol. The van der Waals surface area contributed by atoms with E-state index in [0.29, 0.717) is 17.0 Å². The maximum absolute atomic E-state index is 12.5. The van der Waals surface area contributed by atoms with E-state index in [9.17, 15) is 22.8 Å². The number of carbonyl (C=O) groups excluding carboxylic acids is 3. The zero-order chi connectivity index (χ0) is 23.9. The van der Waals surface area contributed by atoms with E-state index >= 15 is 0 Å². The summed E-state index contributed by atoms with van der Waals surface area (Å²) in [5, 5.41) is 2.89. The van der Waals surface area contributed by atoms with Crippen LogP contribution in [-0.2, 0) is 30.7 Å². The van der Waals surface area contributed by atoms with E-state index in [1.165, 1.54) is 29.5 Å². The number of hydrogen-bond acceptors (Lipinski definition) is 8. The summed E-state index contributed by atoms with van der Waals surface area (Å²) >= 11 is 1.24. The molecule has 174 valence electrons. The Bertz CT molecular complexity index is 1110. The van der Waals surface area contributed by atoms with Gasteiger partial charge in [0.1, 0.15) is 5.00 Å². The van der Waals surface area contributed by atoms with E-state index in [4.69, 9.17) is 9.47 Å². The van der Waals surface area contributed by atoms with Gasteiger partial charge in [0.05, 0.1) is 22.6 Å². The van der Waals surface area contributed by atoms with Crippen molar-refractivity contribution < 1.29 is 32.3 Å². The summed E-state index contributed by atoms with van der Waals surface area (Å²) in [6.07, 6.45) is 0.674. The Kier molecular flexibility index (Phi) is 8.93. The highest BCUT2D eigenvalue weighted by atomic mass is 32.2. The number of anilines is 1. The van der Waals surface area contributed by atoms with Crippen LogP contribution in [-0.4, -0.2) is 46.0 Å². The van der Waals surface area contributed by atoms with Gasteiger partial charge in [-0.25, -0.2) is 22.7 Å². The number of amides is 1. The smallest absolute Gasteiger partial charge is 0.341 e. The molecule has 0 unspecified atom stereocenters. The average molecular weight is 483 g/mol. The molecule has 0 aliphatic carbocycles. The second-order valence-electron chi connectivity index (χ2n) is 6.63. The predicted octanol–water partition coefficient (Wildman–Crippen LogP) is 2.89. The van der Waals surface area contributed by atoms with Crippen molar-refractivity contribution in [2.45, 2.75) is 39.0 Å². The molecular formula is C21H26N2O7S2. The summed E-state index contributed by atoms with van der Waals surface area (Å²) in [6.45, 7) is 6.66. The maximum Gasteiger partial charge on any atom is 0.341 e. The van der Waals surface area contributed by atoms with E-state index < -0.39 is 34.5 Å². The third kappa shape index (κ3) is 6.38. The largest absolute Gasteiger partial charge is 0.462 e. The van der Waals surface area contributed by atoms with Crippen LogP contribution >= 0.6 is 11.3 Å². The van der Waals surface area contributed by atoms with E-state index in [-0.39, 0.29) is 29.2 Å². The summed E-state index contributed by atoms with van der Waals surface area (Å²) in [4.78, 5) is 37.7. The van der Waals surface area contributed by atoms with Crippen LogP contribution in [0.1, 0.15) is 51.9 Å². The van der Waals surface area contributed by atoms with Gasteiger partial charge in [0.25, 0.3) is 5.91 Å². The molecule has 0 spiro atoms. The van der Waals surface area contributed by atoms with Gasteiger partial charge in [0, 0.05) is 11.4 Å². The Morgan fingerprint density at radius 2 is 1.69 bits per heavy atom. The Balaban J connectivity index is 2.10. The Morgan fingerprint density at radius 1 is 1.00 bits per heavy atom. The highest BCUT2D eigenvalue weighted by molar-refractivity contribution is 7.89. The number of aryl methyl sites for hydroxylation is 2. The van der Waals surface area contributed by atoms with Crippen molar-refractivity contribution >= 4 is 44.2 Å². The van der Waals surface area contributed by atoms with Crippen LogP contribution in [0.4, 0.5) is 5.00 Å². The number of esters is 2. The summed E-state index contributed by atoms with van der Waals surface area (Å²) in [7, 11) is -3.75. The van der Waals surface area contributed by atoms with Crippen LogP contribution in [0, 0.1) is 6.92 Å². The molecular weight excluding hydrogens is 456 g/mol. The van der Waals surface area contributed by atoms with Crippen LogP contribution in [0.3, 0.4) is 0 Å². The summed E-state index contributed by atoms with van der Waals surface area (Å²) < 4.78 is 36.8. The molecule has 2 N–H and O–H groups in total. The number of hydrogen-bond donors (Lipinski definition) is 2. The Morgan fingerprint density at radius 3 is 2.31 bits per heavy atom. The molecule has 1 aromatic heterocycles. The van der Waals surface area contributed by atoms with Crippen LogP contribution in [0.25, 0.3) is 0 Å². The SMILES string of the molecule is CCNS(=O)(=O)c1ccc(C)c(C(=O)OCC(=O)Nc2sc(CC)cc2C(=O)OCC)c1. The highest BCUT2D eigenvalue weighted by Gasteiger charge is 2.21. The van der Waals surface area contributed by atoms with Crippen LogP contribution in [0.2, 0.25) is 0 Å². The molecule has 9 nitrogen and oxygen atoms in total. The lowest BCUT2D eigenvalue weighted by Crippen LogP contribution is -2.24. The predicted molar refractivity (Wildman–Crippen MR) is 121 cm³/mol. The zero-order valence-corrected chi connectivity index (χ0v) is 19.9. The van der Waals surface area contributed by atoms with Gasteiger partial charge in [-0.05, 0) is 44.0 Å². The van der Waals surface area contributed by atoms with Crippen molar-refractivity contribution in [1.29, 1.82) is 0 Å². The van der Waals surface area contributed by atoms with Gasteiger partial charge in [-0.1, -0.05) is 19.9 Å². The van der Waals surface area contributed by atoms with Crippen LogP contribution in [0.5, 0.6) is 0 Å². The third-order valence-corrected chi connectivity index (χ3v) is 7.03. The van der Waals surface area contributed by atoms with Crippen molar-refractivity contribution in [3.8, 4) is 0 Å². The third-order valence-electron chi connectivity index (χ3n) is 4.29. The molecule has 2 aromatic rings. The van der Waals surface area contributed by atoms with E-state index in [1.54, 1.807) is 26.8 Å². The highest BCUT2D eigenvalue weighted by Crippen LogP contribution is 2.29. The molecule has 0 atom stereocenters. The lowest BCUT2D eigenvalue weighted by atomic mass is 10.1. The van der Waals surface area contributed by atoms with Crippen molar-refractivity contribution in [1.82, 2.24) is 4.72 Å². The van der Waals surface area contributed by atoms with Crippen molar-refractivity contribution in [3.05, 3.63) is 45.8 Å². The minimum Gasteiger partial charge on any atom is -0.462 e. The summed E-state index contributed by atoms with van der Waals surface area (Å²) in [5.41, 5.74) is 0.778. The fourth-order valence-electron chi connectivity index (χ4n) is 2.70. The molecule has 1 amide bonds. The molecule has 11 heteroatoms. The number of nitrogens with one attached hydrogen (secondary N) is 2. The quantitative estimate of drug-likeness (QED) is 0.498. The average Bonchev–Trinajstić information content (AvgIpc) is 3.15. The first-order chi connectivity index (χ1) is 15.1. The van der Waals surface area contributed by atoms with Gasteiger partial charge >= 0.3 is 11.9 Å². The number of sulfonamides is 1. The van der Waals surface area contributed by atoms with Gasteiger partial charge in [-0.15, -0.1) is 11.3 Å². The number of ether oxygens (including phenoxy) is 2. The lowest BCUT2D eigenvalue weighted by molar-refractivity contribution is -0.119. The molecule has 0 aliphatic rings. The first-order valence-electron chi connectivity index (χ1n) is 10.00. The minimum atomic E-state index is -3.75. The lowest BCUT2D eigenvalue weighted by Gasteiger charge is -2.10. The minimum absolute atomic E-state index is 0.0355. The van der Waals surface area contributed by atoms with Crippen LogP contribution < -0.4 is 10.0 Å². The fourth-order valence-corrected chi connectivity index (χ4v) is 4.77. The second kappa shape index (κ2) is 11.2. The van der Waals surface area contributed by atoms with Crippen molar-refractivity contribution in [2.75, 3.05) is 25.1 Å². The first-order valence-corrected chi connectivity index (χ1v) is 12.3. The molecule has 0 bridgehead atoms. The molecule has 0 saturated carbocycles. The number of carbonyl (C=O) groups is 3. The number of thiophene rings is 1. The normalized spacial score (nSPS) is 11.1. The first kappa shape index (κ1) is 25.5. The number of rotatable bonds is 10. The molecule has 0 radical (unpaired) electrons. The molecule has 2 rings (SSSR count). The zero-order valence-electron chi connectivity index (χ0n) is 18.3. The van der Waals surface area contributed by atoms with E-state index in [0.717, 1.165) is 4.88 Å². The van der Waals surface area contributed by atoms with E-state index in [1.807, 2.05) is 6.92 Å². The van der Waals surface area contributed by atoms with Gasteiger partial charge in [-0.3, -0.25) is 4.79 Å². The molecule has 0 fully saturated rings. The Hall–Kier alpha value is -2.76. The van der Waals surface area contributed by atoms with Crippen LogP contribution in [0.15, 0.2) is 29.2 Å². The summed E-state index contributed by atoms with van der Waals surface area (Å²) in [5.74, 6) is -2.02. The van der Waals surface area contributed by atoms with Gasteiger partial charge in [-0.2, -0.15) is 0 Å². The molecule has 32 heavy (non-hydrogen) atoms. The number of benzene rings is 1. The fraction of sp³-hybridized carbons (Fsp3) is 0.381.